The fraction of sp³-hybridized carbons (Fsp3) is 0.0625. The minimum absolute atomic E-state index is 0.120. The molecule has 0 saturated carbocycles. The molecule has 4 heteroatoms. The average Bonchev–Trinajstić information content (AvgIpc) is 2.46. The van der Waals surface area contributed by atoms with E-state index in [1.165, 1.54) is 12.1 Å². The lowest BCUT2D eigenvalue weighted by atomic mass is 10.2. The van der Waals surface area contributed by atoms with E-state index in [9.17, 15) is 9.18 Å². The summed E-state index contributed by atoms with van der Waals surface area (Å²) in [5.74, 6) is 0.218. The maximum atomic E-state index is 13.5. The van der Waals surface area contributed by atoms with Crippen LogP contribution in [-0.2, 0) is 6.61 Å². The number of halogens is 1. The molecule has 0 aliphatic heterocycles. The second-order valence-corrected chi connectivity index (χ2v) is 4.33. The van der Waals surface area contributed by atoms with Crippen LogP contribution < -0.4 is 10.4 Å². The Balaban J connectivity index is 1.84. The molecule has 0 fully saturated rings. The van der Waals surface area contributed by atoms with Crippen molar-refractivity contribution < 1.29 is 13.5 Å². The monoisotopic (exact) mass is 270 g/mol. The molecule has 0 unspecified atom stereocenters. The predicted octanol–water partition coefficient (Wildman–Crippen LogP) is 3.51. The third-order valence-corrected chi connectivity index (χ3v) is 2.95. The maximum absolute atomic E-state index is 13.5. The van der Waals surface area contributed by atoms with E-state index in [0.717, 1.165) is 5.39 Å². The lowest BCUT2D eigenvalue weighted by Gasteiger charge is -2.07. The predicted molar refractivity (Wildman–Crippen MR) is 73.2 cm³/mol. The van der Waals surface area contributed by atoms with Gasteiger partial charge in [-0.2, -0.15) is 0 Å². The Morgan fingerprint density at radius 2 is 1.85 bits per heavy atom. The molecule has 0 radical (unpaired) electrons. The molecule has 100 valence electrons. The average molecular weight is 270 g/mol. The first-order chi connectivity index (χ1) is 9.72. The van der Waals surface area contributed by atoms with Gasteiger partial charge in [-0.25, -0.2) is 9.18 Å². The SMILES string of the molecule is O=c1ccc2ccc(OCc3ccccc3F)cc2o1. The molecule has 0 spiro atoms. The minimum Gasteiger partial charge on any atom is -0.489 e. The second kappa shape index (κ2) is 5.17. The third kappa shape index (κ3) is 2.54. The highest BCUT2D eigenvalue weighted by atomic mass is 19.1. The second-order valence-electron chi connectivity index (χ2n) is 4.33. The highest BCUT2D eigenvalue weighted by Gasteiger charge is 2.03. The lowest BCUT2D eigenvalue weighted by molar-refractivity contribution is 0.300. The summed E-state index contributed by atoms with van der Waals surface area (Å²) in [4.78, 5) is 11.2. The summed E-state index contributed by atoms with van der Waals surface area (Å²) in [5.41, 5.74) is 0.509. The summed E-state index contributed by atoms with van der Waals surface area (Å²) in [6.07, 6.45) is 0. The Morgan fingerprint density at radius 1 is 1.05 bits per heavy atom. The van der Waals surface area contributed by atoms with Gasteiger partial charge < -0.3 is 9.15 Å². The number of benzene rings is 2. The fourth-order valence-corrected chi connectivity index (χ4v) is 1.91. The van der Waals surface area contributed by atoms with Crippen LogP contribution in [0.5, 0.6) is 5.75 Å². The van der Waals surface area contributed by atoms with Crippen LogP contribution in [0.25, 0.3) is 11.0 Å². The van der Waals surface area contributed by atoms with Crippen molar-refractivity contribution in [1.82, 2.24) is 0 Å². The van der Waals surface area contributed by atoms with Crippen LogP contribution >= 0.6 is 0 Å². The van der Waals surface area contributed by atoms with Gasteiger partial charge in [0.15, 0.2) is 0 Å². The van der Waals surface area contributed by atoms with E-state index in [1.807, 2.05) is 0 Å². The summed E-state index contributed by atoms with van der Waals surface area (Å²) in [7, 11) is 0. The zero-order valence-electron chi connectivity index (χ0n) is 10.5. The molecule has 0 aliphatic carbocycles. The summed E-state index contributed by atoms with van der Waals surface area (Å²) in [6, 6.07) is 14.6. The molecule has 3 aromatic rings. The molecule has 3 rings (SSSR count). The van der Waals surface area contributed by atoms with Gasteiger partial charge in [-0.1, -0.05) is 18.2 Å². The van der Waals surface area contributed by atoms with Gasteiger partial charge in [0.05, 0.1) is 0 Å². The van der Waals surface area contributed by atoms with Crippen molar-refractivity contribution >= 4 is 11.0 Å². The van der Waals surface area contributed by atoms with Crippen LogP contribution in [0.1, 0.15) is 5.56 Å². The molecular formula is C16H11FO3. The van der Waals surface area contributed by atoms with Crippen molar-refractivity contribution in [1.29, 1.82) is 0 Å². The van der Waals surface area contributed by atoms with E-state index in [1.54, 1.807) is 42.5 Å². The van der Waals surface area contributed by atoms with Gasteiger partial charge in [0, 0.05) is 23.1 Å². The van der Waals surface area contributed by atoms with Crippen molar-refractivity contribution in [3.8, 4) is 5.75 Å². The van der Waals surface area contributed by atoms with E-state index in [0.29, 0.717) is 16.9 Å². The van der Waals surface area contributed by atoms with Crippen LogP contribution in [0.15, 0.2) is 63.8 Å². The fourth-order valence-electron chi connectivity index (χ4n) is 1.91. The van der Waals surface area contributed by atoms with Gasteiger partial charge in [0.1, 0.15) is 23.8 Å². The highest BCUT2D eigenvalue weighted by Crippen LogP contribution is 2.20. The van der Waals surface area contributed by atoms with Gasteiger partial charge in [0.2, 0.25) is 0 Å². The molecule has 0 bridgehead atoms. The molecular weight excluding hydrogens is 259 g/mol. The van der Waals surface area contributed by atoms with Crippen molar-refractivity contribution in [2.24, 2.45) is 0 Å². The quantitative estimate of drug-likeness (QED) is 0.684. The lowest BCUT2D eigenvalue weighted by Crippen LogP contribution is -1.99. The number of hydrogen-bond acceptors (Lipinski definition) is 3. The summed E-state index contributed by atoms with van der Waals surface area (Å²) in [6.45, 7) is 0.120. The van der Waals surface area contributed by atoms with Gasteiger partial charge in [-0.15, -0.1) is 0 Å². The first-order valence-corrected chi connectivity index (χ1v) is 6.12. The first-order valence-electron chi connectivity index (χ1n) is 6.12. The van der Waals surface area contributed by atoms with E-state index in [2.05, 4.69) is 0 Å². The van der Waals surface area contributed by atoms with E-state index >= 15 is 0 Å². The Bertz CT molecular complexity index is 808. The van der Waals surface area contributed by atoms with E-state index in [4.69, 9.17) is 9.15 Å². The van der Waals surface area contributed by atoms with Crippen LogP contribution in [-0.4, -0.2) is 0 Å². The first kappa shape index (κ1) is 12.4. The molecule has 20 heavy (non-hydrogen) atoms. The molecule has 0 aliphatic rings. The smallest absolute Gasteiger partial charge is 0.336 e. The zero-order valence-corrected chi connectivity index (χ0v) is 10.5. The van der Waals surface area contributed by atoms with Gasteiger partial charge >= 0.3 is 5.63 Å². The number of fused-ring (bicyclic) bond motifs is 1. The Kier molecular flexibility index (Phi) is 3.21. The highest BCUT2D eigenvalue weighted by molar-refractivity contribution is 5.77. The van der Waals surface area contributed by atoms with Crippen LogP contribution in [0, 0.1) is 5.82 Å². The topological polar surface area (TPSA) is 39.4 Å². The molecule has 0 saturated heterocycles. The molecule has 0 N–H and O–H groups in total. The van der Waals surface area contributed by atoms with Gasteiger partial charge in [0.25, 0.3) is 0 Å². The van der Waals surface area contributed by atoms with Crippen LogP contribution in [0.4, 0.5) is 4.39 Å². The van der Waals surface area contributed by atoms with E-state index in [-0.39, 0.29) is 12.4 Å². The minimum atomic E-state index is -0.413. The summed E-state index contributed by atoms with van der Waals surface area (Å²) >= 11 is 0. The van der Waals surface area contributed by atoms with Gasteiger partial charge in [-0.3, -0.25) is 0 Å². The molecule has 0 atom stereocenters. The number of hydrogen-bond donors (Lipinski definition) is 0. The zero-order chi connectivity index (χ0) is 13.9. The largest absolute Gasteiger partial charge is 0.489 e. The third-order valence-electron chi connectivity index (χ3n) is 2.95. The van der Waals surface area contributed by atoms with Crippen molar-refractivity contribution in [2.45, 2.75) is 6.61 Å². The number of ether oxygens (including phenoxy) is 1. The summed E-state index contributed by atoms with van der Waals surface area (Å²) in [5, 5.41) is 0.808. The normalized spacial score (nSPS) is 10.7. The Morgan fingerprint density at radius 3 is 2.70 bits per heavy atom. The summed E-state index contributed by atoms with van der Waals surface area (Å²) < 4.78 is 24.0. The molecule has 3 nitrogen and oxygen atoms in total. The Labute approximate surface area is 114 Å². The molecule has 1 heterocycles. The van der Waals surface area contributed by atoms with Crippen molar-refractivity contribution in [3.63, 3.8) is 0 Å². The molecule has 0 amide bonds. The molecule has 1 aromatic heterocycles. The molecule has 2 aromatic carbocycles. The standard InChI is InChI=1S/C16H11FO3/c17-14-4-2-1-3-12(14)10-19-13-7-5-11-6-8-16(18)20-15(11)9-13/h1-9H,10H2. The maximum Gasteiger partial charge on any atom is 0.336 e. The van der Waals surface area contributed by atoms with Crippen molar-refractivity contribution in [3.05, 3.63) is 76.4 Å². The Hall–Kier alpha value is -2.62. The van der Waals surface area contributed by atoms with Gasteiger partial charge in [-0.05, 0) is 24.3 Å². The van der Waals surface area contributed by atoms with Crippen LogP contribution in [0.2, 0.25) is 0 Å². The van der Waals surface area contributed by atoms with Crippen LogP contribution in [0.3, 0.4) is 0 Å². The van der Waals surface area contributed by atoms with Crippen molar-refractivity contribution in [2.75, 3.05) is 0 Å². The number of rotatable bonds is 3. The van der Waals surface area contributed by atoms with E-state index < -0.39 is 5.63 Å².